The van der Waals surface area contributed by atoms with E-state index in [1.165, 1.54) is 17.7 Å². The molecule has 2 rings (SSSR count). The van der Waals surface area contributed by atoms with Crippen molar-refractivity contribution in [1.82, 2.24) is 5.32 Å². The number of aryl methyl sites for hydroxylation is 1. The van der Waals surface area contributed by atoms with E-state index in [0.29, 0.717) is 17.1 Å². The molecule has 0 heterocycles. The van der Waals surface area contributed by atoms with Gasteiger partial charge in [0.05, 0.1) is 0 Å². The third kappa shape index (κ3) is 3.71. The van der Waals surface area contributed by atoms with E-state index in [1.54, 1.807) is 6.07 Å². The second-order valence-corrected chi connectivity index (χ2v) is 5.07. The van der Waals surface area contributed by atoms with Gasteiger partial charge in [0.25, 0.3) is 0 Å². The molecule has 0 aliphatic carbocycles. The molecule has 106 valence electrons. The summed E-state index contributed by atoms with van der Waals surface area (Å²) in [6.45, 7) is 3.00. The van der Waals surface area contributed by atoms with Gasteiger partial charge in [0.2, 0.25) is 0 Å². The van der Waals surface area contributed by atoms with E-state index in [4.69, 9.17) is 16.3 Å². The minimum Gasteiger partial charge on any atom is -0.489 e. The van der Waals surface area contributed by atoms with Crippen LogP contribution in [0.15, 0.2) is 36.4 Å². The predicted molar refractivity (Wildman–Crippen MR) is 79.7 cm³/mol. The second kappa shape index (κ2) is 6.73. The molecule has 1 N–H and O–H groups in total. The molecular formula is C16H17ClFNO. The quantitative estimate of drug-likeness (QED) is 0.896. The summed E-state index contributed by atoms with van der Waals surface area (Å²) in [5, 5.41) is 3.61. The monoisotopic (exact) mass is 293 g/mol. The molecule has 0 fully saturated rings. The highest BCUT2D eigenvalue weighted by Crippen LogP contribution is 2.23. The molecule has 2 aromatic rings. The van der Waals surface area contributed by atoms with Crippen LogP contribution in [0.25, 0.3) is 0 Å². The lowest BCUT2D eigenvalue weighted by Gasteiger charge is -2.13. The number of ether oxygens (including phenoxy) is 1. The summed E-state index contributed by atoms with van der Waals surface area (Å²) >= 11 is 6.03. The van der Waals surface area contributed by atoms with Gasteiger partial charge in [-0.25, -0.2) is 4.39 Å². The van der Waals surface area contributed by atoms with Gasteiger partial charge in [-0.2, -0.15) is 0 Å². The Morgan fingerprint density at radius 3 is 2.70 bits per heavy atom. The van der Waals surface area contributed by atoms with E-state index in [0.717, 1.165) is 11.3 Å². The number of halogens is 2. The topological polar surface area (TPSA) is 21.3 Å². The lowest BCUT2D eigenvalue weighted by molar-refractivity contribution is 0.302. The van der Waals surface area contributed by atoms with E-state index in [2.05, 4.69) is 11.4 Å². The van der Waals surface area contributed by atoms with Gasteiger partial charge in [-0.15, -0.1) is 0 Å². The molecule has 0 unspecified atom stereocenters. The van der Waals surface area contributed by atoms with Gasteiger partial charge in [0.15, 0.2) is 0 Å². The van der Waals surface area contributed by atoms with E-state index in [1.807, 2.05) is 26.1 Å². The summed E-state index contributed by atoms with van der Waals surface area (Å²) in [7, 11) is 1.88. The molecule has 0 saturated heterocycles. The Labute approximate surface area is 123 Å². The maximum absolute atomic E-state index is 13.2. The van der Waals surface area contributed by atoms with Crippen molar-refractivity contribution >= 4 is 11.6 Å². The number of benzene rings is 2. The zero-order valence-electron chi connectivity index (χ0n) is 11.5. The molecule has 0 atom stereocenters. The zero-order chi connectivity index (χ0) is 14.5. The SMILES string of the molecule is CNCc1cc(C)ccc1OCc1cc(F)ccc1Cl. The van der Waals surface area contributed by atoms with Gasteiger partial charge in [0, 0.05) is 22.7 Å². The van der Waals surface area contributed by atoms with Gasteiger partial charge in [-0.05, 0) is 38.2 Å². The van der Waals surface area contributed by atoms with Gasteiger partial charge in [-0.1, -0.05) is 29.3 Å². The van der Waals surface area contributed by atoms with Gasteiger partial charge < -0.3 is 10.1 Å². The van der Waals surface area contributed by atoms with Crippen molar-refractivity contribution < 1.29 is 9.13 Å². The predicted octanol–water partition coefficient (Wildman–Crippen LogP) is 4.09. The summed E-state index contributed by atoms with van der Waals surface area (Å²) < 4.78 is 19.0. The maximum Gasteiger partial charge on any atom is 0.124 e. The van der Waals surface area contributed by atoms with Crippen LogP contribution in [0, 0.1) is 12.7 Å². The third-order valence-corrected chi connectivity index (χ3v) is 3.34. The van der Waals surface area contributed by atoms with Crippen LogP contribution in [0.5, 0.6) is 5.75 Å². The molecule has 0 bridgehead atoms. The summed E-state index contributed by atoms with van der Waals surface area (Å²) in [5.41, 5.74) is 2.88. The Bertz CT molecular complexity index is 601. The largest absolute Gasteiger partial charge is 0.489 e. The highest BCUT2D eigenvalue weighted by Gasteiger charge is 2.07. The van der Waals surface area contributed by atoms with Crippen molar-refractivity contribution in [2.75, 3.05) is 7.05 Å². The highest BCUT2D eigenvalue weighted by molar-refractivity contribution is 6.31. The average Bonchev–Trinajstić information content (AvgIpc) is 2.42. The van der Waals surface area contributed by atoms with Crippen molar-refractivity contribution in [2.45, 2.75) is 20.1 Å². The zero-order valence-corrected chi connectivity index (χ0v) is 12.3. The summed E-state index contributed by atoms with van der Waals surface area (Å²) in [6.07, 6.45) is 0. The van der Waals surface area contributed by atoms with E-state index >= 15 is 0 Å². The Balaban J connectivity index is 2.16. The fraction of sp³-hybridized carbons (Fsp3) is 0.250. The number of nitrogens with one attached hydrogen (secondary N) is 1. The standard InChI is InChI=1S/C16H17ClFNO/c1-11-3-6-16(12(7-11)9-19-2)20-10-13-8-14(18)4-5-15(13)17/h3-8,19H,9-10H2,1-2H3. The van der Waals surface area contributed by atoms with Crippen molar-refractivity contribution in [1.29, 1.82) is 0 Å². The van der Waals surface area contributed by atoms with Crippen molar-refractivity contribution in [3.05, 3.63) is 63.9 Å². The van der Waals surface area contributed by atoms with Crippen molar-refractivity contribution in [3.8, 4) is 5.75 Å². The van der Waals surface area contributed by atoms with Gasteiger partial charge >= 0.3 is 0 Å². The molecular weight excluding hydrogens is 277 g/mol. The van der Waals surface area contributed by atoms with Gasteiger partial charge in [-0.3, -0.25) is 0 Å². The first-order chi connectivity index (χ1) is 9.60. The Kier molecular flexibility index (Phi) is 4.99. The Morgan fingerprint density at radius 1 is 1.15 bits per heavy atom. The van der Waals surface area contributed by atoms with Crippen LogP contribution in [0.4, 0.5) is 4.39 Å². The van der Waals surface area contributed by atoms with Crippen LogP contribution in [-0.2, 0) is 13.2 Å². The van der Waals surface area contributed by atoms with Crippen molar-refractivity contribution in [3.63, 3.8) is 0 Å². The van der Waals surface area contributed by atoms with Crippen LogP contribution in [0.3, 0.4) is 0 Å². The molecule has 4 heteroatoms. The minimum atomic E-state index is -0.313. The first kappa shape index (κ1) is 14.8. The van der Waals surface area contributed by atoms with E-state index in [9.17, 15) is 4.39 Å². The van der Waals surface area contributed by atoms with Crippen LogP contribution in [0.1, 0.15) is 16.7 Å². The first-order valence-corrected chi connectivity index (χ1v) is 6.79. The van der Waals surface area contributed by atoms with Crippen molar-refractivity contribution in [2.24, 2.45) is 0 Å². The smallest absolute Gasteiger partial charge is 0.124 e. The summed E-state index contributed by atoms with van der Waals surface area (Å²) in [4.78, 5) is 0. The van der Waals surface area contributed by atoms with Crippen LogP contribution in [0.2, 0.25) is 5.02 Å². The number of hydrogen-bond acceptors (Lipinski definition) is 2. The van der Waals surface area contributed by atoms with E-state index in [-0.39, 0.29) is 12.4 Å². The maximum atomic E-state index is 13.2. The highest BCUT2D eigenvalue weighted by atomic mass is 35.5. The molecule has 0 radical (unpaired) electrons. The lowest BCUT2D eigenvalue weighted by atomic mass is 10.1. The molecule has 0 amide bonds. The molecule has 0 aliphatic heterocycles. The van der Waals surface area contributed by atoms with E-state index < -0.39 is 0 Å². The molecule has 2 aromatic carbocycles. The minimum absolute atomic E-state index is 0.246. The molecule has 2 nitrogen and oxygen atoms in total. The fourth-order valence-electron chi connectivity index (χ4n) is 1.99. The average molecular weight is 294 g/mol. The number of hydrogen-bond donors (Lipinski definition) is 1. The molecule has 0 aromatic heterocycles. The Morgan fingerprint density at radius 2 is 1.95 bits per heavy atom. The summed E-state index contributed by atoms with van der Waals surface area (Å²) in [5.74, 6) is 0.470. The molecule has 0 saturated carbocycles. The number of rotatable bonds is 5. The van der Waals surface area contributed by atoms with Crippen LogP contribution >= 0.6 is 11.6 Å². The normalized spacial score (nSPS) is 10.6. The third-order valence-electron chi connectivity index (χ3n) is 2.97. The van der Waals surface area contributed by atoms with Crippen LogP contribution in [-0.4, -0.2) is 7.05 Å². The second-order valence-electron chi connectivity index (χ2n) is 4.67. The first-order valence-electron chi connectivity index (χ1n) is 6.41. The molecule has 0 spiro atoms. The summed E-state index contributed by atoms with van der Waals surface area (Å²) in [6, 6.07) is 10.3. The van der Waals surface area contributed by atoms with Crippen LogP contribution < -0.4 is 10.1 Å². The molecule has 20 heavy (non-hydrogen) atoms. The fourth-order valence-corrected chi connectivity index (χ4v) is 2.16. The lowest BCUT2D eigenvalue weighted by Crippen LogP contribution is -2.08. The molecule has 0 aliphatic rings. The van der Waals surface area contributed by atoms with Gasteiger partial charge in [0.1, 0.15) is 18.2 Å². The Hall–Kier alpha value is -1.58.